The maximum absolute atomic E-state index is 12.3. The first kappa shape index (κ1) is 15.4. The van der Waals surface area contributed by atoms with E-state index < -0.39 is 0 Å². The molecule has 122 valence electrons. The number of hydrogen-bond acceptors (Lipinski definition) is 3. The number of carbonyl (C=O) groups excluding carboxylic acids is 1. The summed E-state index contributed by atoms with van der Waals surface area (Å²) in [5.74, 6) is 0.831. The molecule has 1 aromatic carbocycles. The van der Waals surface area contributed by atoms with Crippen molar-refractivity contribution in [2.75, 3.05) is 18.5 Å². The third kappa shape index (κ3) is 3.83. The molecule has 0 atom stereocenters. The minimum Gasteiger partial charge on any atom is -0.494 e. The highest BCUT2D eigenvalue weighted by Gasteiger charge is 2.21. The normalized spacial score (nSPS) is 13.5. The van der Waals surface area contributed by atoms with Gasteiger partial charge in [-0.15, -0.1) is 0 Å². The lowest BCUT2D eigenvalue weighted by Crippen LogP contribution is -2.38. The Morgan fingerprint density at radius 1 is 1.39 bits per heavy atom. The van der Waals surface area contributed by atoms with E-state index >= 15 is 0 Å². The van der Waals surface area contributed by atoms with Crippen LogP contribution in [0.1, 0.15) is 31.0 Å². The summed E-state index contributed by atoms with van der Waals surface area (Å²) in [4.78, 5) is 14.1. The SMILES string of the molecule is CCCCOc1ccc(NC(=O)N2CCc3[nH]ncc3C2)cc1. The van der Waals surface area contributed by atoms with E-state index in [2.05, 4.69) is 22.4 Å². The molecular weight excluding hydrogens is 292 g/mol. The van der Waals surface area contributed by atoms with Crippen LogP contribution in [-0.4, -0.2) is 34.3 Å². The van der Waals surface area contributed by atoms with E-state index in [-0.39, 0.29) is 6.03 Å². The summed E-state index contributed by atoms with van der Waals surface area (Å²) in [6, 6.07) is 7.42. The van der Waals surface area contributed by atoms with Crippen molar-refractivity contribution in [3.8, 4) is 5.75 Å². The lowest BCUT2D eigenvalue weighted by Gasteiger charge is -2.26. The number of urea groups is 1. The van der Waals surface area contributed by atoms with Crippen LogP contribution >= 0.6 is 0 Å². The van der Waals surface area contributed by atoms with Gasteiger partial charge in [0.15, 0.2) is 0 Å². The van der Waals surface area contributed by atoms with Gasteiger partial charge in [-0.2, -0.15) is 5.10 Å². The molecule has 2 heterocycles. The Morgan fingerprint density at radius 2 is 2.22 bits per heavy atom. The van der Waals surface area contributed by atoms with E-state index in [1.165, 1.54) is 0 Å². The van der Waals surface area contributed by atoms with Gasteiger partial charge in [0.25, 0.3) is 0 Å². The van der Waals surface area contributed by atoms with Gasteiger partial charge in [0.1, 0.15) is 5.75 Å². The van der Waals surface area contributed by atoms with Gasteiger partial charge in [0.05, 0.1) is 19.3 Å². The largest absolute Gasteiger partial charge is 0.494 e. The molecule has 1 aliphatic heterocycles. The number of hydrogen-bond donors (Lipinski definition) is 2. The zero-order chi connectivity index (χ0) is 16.1. The minimum absolute atomic E-state index is 0.0866. The number of amides is 2. The van der Waals surface area contributed by atoms with Crippen LogP contribution in [0.25, 0.3) is 0 Å². The van der Waals surface area contributed by atoms with Crippen molar-refractivity contribution in [3.05, 3.63) is 41.7 Å². The molecule has 2 N–H and O–H groups in total. The van der Waals surface area contributed by atoms with Crippen LogP contribution in [0.5, 0.6) is 5.75 Å². The van der Waals surface area contributed by atoms with E-state index in [1.807, 2.05) is 24.3 Å². The summed E-state index contributed by atoms with van der Waals surface area (Å²) in [5.41, 5.74) is 2.99. The topological polar surface area (TPSA) is 70.2 Å². The zero-order valence-electron chi connectivity index (χ0n) is 13.3. The number of anilines is 1. The minimum atomic E-state index is -0.0866. The van der Waals surface area contributed by atoms with E-state index in [1.54, 1.807) is 11.1 Å². The van der Waals surface area contributed by atoms with Crippen LogP contribution in [0.4, 0.5) is 10.5 Å². The third-order valence-corrected chi connectivity index (χ3v) is 3.96. The standard InChI is InChI=1S/C17H22N4O2/c1-2-3-10-23-15-6-4-14(5-7-15)19-17(22)21-9-8-16-13(12-21)11-18-20-16/h4-7,11H,2-3,8-10,12H2,1H3,(H,18,20)(H,19,22). The molecule has 1 aliphatic rings. The monoisotopic (exact) mass is 314 g/mol. The van der Waals surface area contributed by atoms with Crippen molar-refractivity contribution in [2.45, 2.75) is 32.7 Å². The Labute approximate surface area is 135 Å². The molecule has 0 unspecified atom stereocenters. The van der Waals surface area contributed by atoms with Crippen molar-refractivity contribution in [3.63, 3.8) is 0 Å². The molecule has 0 spiro atoms. The predicted octanol–water partition coefficient (Wildman–Crippen LogP) is 3.18. The van der Waals surface area contributed by atoms with Gasteiger partial charge in [-0.1, -0.05) is 13.3 Å². The molecule has 0 fully saturated rings. The summed E-state index contributed by atoms with van der Waals surface area (Å²) in [6.45, 7) is 4.15. The van der Waals surface area contributed by atoms with Gasteiger partial charge in [0.2, 0.25) is 0 Å². The molecule has 23 heavy (non-hydrogen) atoms. The molecule has 0 aliphatic carbocycles. The number of unbranched alkanes of at least 4 members (excludes halogenated alkanes) is 1. The van der Waals surface area contributed by atoms with Gasteiger partial charge >= 0.3 is 6.03 Å². The summed E-state index contributed by atoms with van der Waals surface area (Å²) in [6.07, 6.45) is 4.76. The van der Waals surface area contributed by atoms with E-state index in [4.69, 9.17) is 4.74 Å². The lowest BCUT2D eigenvalue weighted by atomic mass is 10.1. The summed E-state index contributed by atoms with van der Waals surface area (Å²) >= 11 is 0. The van der Waals surface area contributed by atoms with Crippen LogP contribution in [0.3, 0.4) is 0 Å². The molecule has 3 rings (SSSR count). The average Bonchev–Trinajstić information content (AvgIpc) is 3.04. The Bertz CT molecular complexity index is 651. The van der Waals surface area contributed by atoms with Crippen molar-refractivity contribution < 1.29 is 9.53 Å². The fourth-order valence-electron chi connectivity index (χ4n) is 2.57. The number of nitrogens with zero attached hydrogens (tertiary/aromatic N) is 2. The van der Waals surface area contributed by atoms with Gasteiger partial charge < -0.3 is 15.0 Å². The molecule has 1 aromatic heterocycles. The second-order valence-electron chi connectivity index (χ2n) is 5.70. The van der Waals surface area contributed by atoms with Crippen molar-refractivity contribution in [1.82, 2.24) is 15.1 Å². The highest BCUT2D eigenvalue weighted by molar-refractivity contribution is 5.89. The number of rotatable bonds is 5. The van der Waals surface area contributed by atoms with E-state index in [0.717, 1.165) is 48.6 Å². The Hall–Kier alpha value is -2.50. The number of fused-ring (bicyclic) bond motifs is 1. The number of aromatic nitrogens is 2. The number of aromatic amines is 1. The summed E-state index contributed by atoms with van der Waals surface area (Å²) < 4.78 is 5.62. The van der Waals surface area contributed by atoms with Crippen LogP contribution < -0.4 is 10.1 Å². The highest BCUT2D eigenvalue weighted by Crippen LogP contribution is 2.19. The van der Waals surface area contributed by atoms with E-state index in [9.17, 15) is 4.79 Å². The molecule has 2 amide bonds. The second kappa shape index (κ2) is 7.17. The quantitative estimate of drug-likeness (QED) is 0.833. The van der Waals surface area contributed by atoms with Crippen LogP contribution in [0, 0.1) is 0 Å². The predicted molar refractivity (Wildman–Crippen MR) is 88.6 cm³/mol. The van der Waals surface area contributed by atoms with Crippen molar-refractivity contribution >= 4 is 11.7 Å². The maximum atomic E-state index is 12.3. The van der Waals surface area contributed by atoms with Gasteiger partial charge in [-0.05, 0) is 30.7 Å². The lowest BCUT2D eigenvalue weighted by molar-refractivity contribution is 0.206. The molecule has 0 radical (unpaired) electrons. The molecule has 0 saturated carbocycles. The summed E-state index contributed by atoms with van der Waals surface area (Å²) in [5, 5.41) is 9.93. The number of benzene rings is 1. The number of nitrogens with one attached hydrogen (secondary N) is 2. The molecule has 6 heteroatoms. The second-order valence-corrected chi connectivity index (χ2v) is 5.70. The number of carbonyl (C=O) groups is 1. The Balaban J connectivity index is 1.54. The average molecular weight is 314 g/mol. The zero-order valence-corrected chi connectivity index (χ0v) is 13.3. The van der Waals surface area contributed by atoms with Crippen molar-refractivity contribution in [2.24, 2.45) is 0 Å². The Kier molecular flexibility index (Phi) is 4.80. The smallest absolute Gasteiger partial charge is 0.322 e. The van der Waals surface area contributed by atoms with Gasteiger partial charge in [-0.25, -0.2) is 4.79 Å². The third-order valence-electron chi connectivity index (χ3n) is 3.96. The fourth-order valence-corrected chi connectivity index (χ4v) is 2.57. The molecule has 6 nitrogen and oxygen atoms in total. The van der Waals surface area contributed by atoms with Crippen LogP contribution in [-0.2, 0) is 13.0 Å². The van der Waals surface area contributed by atoms with Gasteiger partial charge in [0, 0.05) is 29.9 Å². The Morgan fingerprint density at radius 3 is 3.00 bits per heavy atom. The first-order chi connectivity index (χ1) is 11.3. The highest BCUT2D eigenvalue weighted by atomic mass is 16.5. The fraction of sp³-hybridized carbons (Fsp3) is 0.412. The van der Waals surface area contributed by atoms with Crippen LogP contribution in [0.15, 0.2) is 30.5 Å². The first-order valence-corrected chi connectivity index (χ1v) is 8.06. The molecular formula is C17H22N4O2. The van der Waals surface area contributed by atoms with Crippen molar-refractivity contribution in [1.29, 1.82) is 0 Å². The molecule has 2 aromatic rings. The maximum Gasteiger partial charge on any atom is 0.322 e. The first-order valence-electron chi connectivity index (χ1n) is 8.06. The molecule has 0 saturated heterocycles. The number of ether oxygens (including phenoxy) is 1. The van der Waals surface area contributed by atoms with Gasteiger partial charge in [-0.3, -0.25) is 5.10 Å². The number of H-pyrrole nitrogens is 1. The molecule has 0 bridgehead atoms. The van der Waals surface area contributed by atoms with Crippen LogP contribution in [0.2, 0.25) is 0 Å². The van der Waals surface area contributed by atoms with E-state index in [0.29, 0.717) is 13.1 Å². The summed E-state index contributed by atoms with van der Waals surface area (Å²) in [7, 11) is 0.